The molecule has 1 aromatic heterocycles. The molecule has 3 heteroatoms. The normalized spacial score (nSPS) is 10.1. The lowest BCUT2D eigenvalue weighted by Gasteiger charge is -1.97. The maximum absolute atomic E-state index is 12.9. The Balaban J connectivity index is 2.15. The van der Waals surface area contributed by atoms with Crippen molar-refractivity contribution < 1.29 is 13.8 Å². The van der Waals surface area contributed by atoms with E-state index in [4.69, 9.17) is 0 Å². The van der Waals surface area contributed by atoms with E-state index in [9.17, 15) is 9.18 Å². The van der Waals surface area contributed by atoms with E-state index in [0.717, 1.165) is 0 Å². The summed E-state index contributed by atoms with van der Waals surface area (Å²) in [6, 6.07) is 11.3. The highest BCUT2D eigenvalue weighted by Crippen LogP contribution is 2.04. The number of hydrogen-bond acceptors (Lipinski definition) is 1. The van der Waals surface area contributed by atoms with Gasteiger partial charge in [0.05, 0.1) is 0 Å². The topological polar surface area (TPSA) is 20.9 Å². The molecule has 0 saturated carbocycles. The average Bonchev–Trinajstić information content (AvgIpc) is 2.30. The zero-order chi connectivity index (χ0) is 11.4. The quantitative estimate of drug-likeness (QED) is 0.568. The first-order valence-electron chi connectivity index (χ1n) is 4.98. The van der Waals surface area contributed by atoms with Gasteiger partial charge in [0, 0.05) is 17.7 Å². The number of rotatable bonds is 3. The van der Waals surface area contributed by atoms with Gasteiger partial charge in [-0.2, -0.15) is 4.57 Å². The summed E-state index contributed by atoms with van der Waals surface area (Å²) < 4.78 is 14.7. The number of ketones is 1. The number of carbonyl (C=O) groups excluding carboxylic acids is 1. The van der Waals surface area contributed by atoms with Crippen LogP contribution in [0.25, 0.3) is 0 Å². The molecular weight excluding hydrogens is 205 g/mol. The van der Waals surface area contributed by atoms with Gasteiger partial charge in [-0.15, -0.1) is 0 Å². The van der Waals surface area contributed by atoms with Crippen molar-refractivity contribution in [3.05, 3.63) is 66.2 Å². The second-order valence-electron chi connectivity index (χ2n) is 3.48. The van der Waals surface area contributed by atoms with Crippen molar-refractivity contribution >= 4 is 5.78 Å². The molecule has 0 saturated heterocycles. The van der Waals surface area contributed by atoms with Gasteiger partial charge in [-0.1, -0.05) is 18.2 Å². The van der Waals surface area contributed by atoms with Crippen molar-refractivity contribution in [2.75, 3.05) is 0 Å². The van der Waals surface area contributed by atoms with E-state index in [1.165, 1.54) is 18.2 Å². The van der Waals surface area contributed by atoms with E-state index in [1.807, 2.05) is 18.2 Å². The molecule has 16 heavy (non-hydrogen) atoms. The van der Waals surface area contributed by atoms with Crippen molar-refractivity contribution in [2.45, 2.75) is 6.54 Å². The zero-order valence-corrected chi connectivity index (χ0v) is 8.64. The van der Waals surface area contributed by atoms with Crippen LogP contribution in [0.4, 0.5) is 4.39 Å². The van der Waals surface area contributed by atoms with Crippen molar-refractivity contribution in [1.82, 2.24) is 0 Å². The first-order chi connectivity index (χ1) is 7.75. The maximum atomic E-state index is 12.9. The summed E-state index contributed by atoms with van der Waals surface area (Å²) in [6.45, 7) is 0.226. The standard InChI is InChI=1S/C13H11FNO/c14-12-6-4-5-11(9-12)13(16)10-15-7-2-1-3-8-15/h1-9H,10H2/q+1. The summed E-state index contributed by atoms with van der Waals surface area (Å²) in [4.78, 5) is 11.8. The van der Waals surface area contributed by atoms with Gasteiger partial charge in [-0.3, -0.25) is 4.79 Å². The Hall–Kier alpha value is -2.03. The number of nitrogens with zero attached hydrogens (tertiary/aromatic N) is 1. The van der Waals surface area contributed by atoms with E-state index < -0.39 is 0 Å². The van der Waals surface area contributed by atoms with Crippen LogP contribution in [0.2, 0.25) is 0 Å². The SMILES string of the molecule is O=C(C[n+]1ccccc1)c1cccc(F)c1. The molecular formula is C13H11FNO+. The fourth-order valence-corrected chi connectivity index (χ4v) is 1.46. The molecule has 2 aromatic rings. The van der Waals surface area contributed by atoms with Gasteiger partial charge in [-0.05, 0) is 12.1 Å². The number of carbonyl (C=O) groups is 1. The second kappa shape index (κ2) is 4.66. The number of aromatic nitrogens is 1. The summed E-state index contributed by atoms with van der Waals surface area (Å²) >= 11 is 0. The zero-order valence-electron chi connectivity index (χ0n) is 8.64. The van der Waals surface area contributed by atoms with Crippen LogP contribution < -0.4 is 4.57 Å². The monoisotopic (exact) mass is 216 g/mol. The first-order valence-corrected chi connectivity index (χ1v) is 4.98. The second-order valence-corrected chi connectivity index (χ2v) is 3.48. The molecule has 0 aliphatic rings. The summed E-state index contributed by atoms with van der Waals surface area (Å²) in [7, 11) is 0. The fraction of sp³-hybridized carbons (Fsp3) is 0.0769. The number of Topliss-reactive ketones (excluding diaryl/α,β-unsaturated/α-hetero) is 1. The highest BCUT2D eigenvalue weighted by atomic mass is 19.1. The van der Waals surface area contributed by atoms with Gasteiger partial charge in [0.25, 0.3) is 0 Å². The van der Waals surface area contributed by atoms with Crippen LogP contribution in [0.5, 0.6) is 0 Å². The van der Waals surface area contributed by atoms with Gasteiger partial charge in [-0.25, -0.2) is 4.39 Å². The number of benzene rings is 1. The Morgan fingerprint density at radius 3 is 2.56 bits per heavy atom. The molecule has 1 heterocycles. The van der Waals surface area contributed by atoms with Crippen molar-refractivity contribution in [3.8, 4) is 0 Å². The van der Waals surface area contributed by atoms with Crippen LogP contribution in [-0.2, 0) is 6.54 Å². The van der Waals surface area contributed by atoms with Crippen LogP contribution in [0.3, 0.4) is 0 Å². The minimum atomic E-state index is -0.385. The molecule has 0 aliphatic carbocycles. The Morgan fingerprint density at radius 2 is 1.88 bits per heavy atom. The van der Waals surface area contributed by atoms with E-state index in [1.54, 1.807) is 23.0 Å². The van der Waals surface area contributed by atoms with Gasteiger partial charge in [0.2, 0.25) is 12.3 Å². The van der Waals surface area contributed by atoms with Gasteiger partial charge >= 0.3 is 0 Å². The molecule has 0 unspecified atom stereocenters. The molecule has 0 N–H and O–H groups in total. The number of halogens is 1. The first kappa shape index (κ1) is 10.5. The van der Waals surface area contributed by atoms with Crippen LogP contribution in [0.15, 0.2) is 54.9 Å². The molecule has 0 spiro atoms. The molecule has 2 nitrogen and oxygen atoms in total. The number of hydrogen-bond donors (Lipinski definition) is 0. The maximum Gasteiger partial charge on any atom is 0.227 e. The van der Waals surface area contributed by atoms with Gasteiger partial charge < -0.3 is 0 Å². The minimum Gasteiger partial charge on any atom is -0.287 e. The highest BCUT2D eigenvalue weighted by Gasteiger charge is 2.11. The predicted molar refractivity (Wildman–Crippen MR) is 57.4 cm³/mol. The predicted octanol–water partition coefficient (Wildman–Crippen LogP) is 2.00. The van der Waals surface area contributed by atoms with E-state index in [2.05, 4.69) is 0 Å². The average molecular weight is 216 g/mol. The minimum absolute atomic E-state index is 0.101. The fourth-order valence-electron chi connectivity index (χ4n) is 1.46. The molecule has 0 atom stereocenters. The van der Waals surface area contributed by atoms with E-state index in [0.29, 0.717) is 5.56 Å². The molecule has 0 radical (unpaired) electrons. The Bertz CT molecular complexity index is 496. The largest absolute Gasteiger partial charge is 0.287 e. The third-order valence-electron chi connectivity index (χ3n) is 2.25. The lowest BCUT2D eigenvalue weighted by atomic mass is 10.1. The molecule has 1 aromatic carbocycles. The van der Waals surface area contributed by atoms with Crippen LogP contribution in [-0.4, -0.2) is 5.78 Å². The lowest BCUT2D eigenvalue weighted by Crippen LogP contribution is -2.36. The van der Waals surface area contributed by atoms with Gasteiger partial charge in [0.15, 0.2) is 12.4 Å². The number of pyridine rings is 1. The Morgan fingerprint density at radius 1 is 1.12 bits per heavy atom. The van der Waals surface area contributed by atoms with Crippen LogP contribution in [0, 0.1) is 5.82 Å². The summed E-state index contributed by atoms with van der Waals surface area (Å²) in [5, 5.41) is 0. The van der Waals surface area contributed by atoms with Crippen molar-refractivity contribution in [2.24, 2.45) is 0 Å². The van der Waals surface area contributed by atoms with Crippen molar-refractivity contribution in [1.29, 1.82) is 0 Å². The van der Waals surface area contributed by atoms with Gasteiger partial charge in [0.1, 0.15) is 5.82 Å². The van der Waals surface area contributed by atoms with E-state index in [-0.39, 0.29) is 18.1 Å². The summed E-state index contributed by atoms with van der Waals surface area (Å²) in [5.74, 6) is -0.486. The molecule has 2 rings (SSSR count). The summed E-state index contributed by atoms with van der Waals surface area (Å²) in [6.07, 6.45) is 3.61. The third kappa shape index (κ3) is 2.51. The molecule has 0 fully saturated rings. The van der Waals surface area contributed by atoms with Crippen LogP contribution in [0.1, 0.15) is 10.4 Å². The smallest absolute Gasteiger partial charge is 0.227 e. The Kier molecular flexibility index (Phi) is 3.05. The molecule has 0 bridgehead atoms. The molecule has 0 aliphatic heterocycles. The van der Waals surface area contributed by atoms with Crippen molar-refractivity contribution in [3.63, 3.8) is 0 Å². The summed E-state index contributed by atoms with van der Waals surface area (Å²) in [5.41, 5.74) is 0.399. The molecule has 0 amide bonds. The Labute approximate surface area is 93.0 Å². The molecule has 80 valence electrons. The highest BCUT2D eigenvalue weighted by molar-refractivity contribution is 5.94. The van der Waals surface area contributed by atoms with E-state index >= 15 is 0 Å². The third-order valence-corrected chi connectivity index (χ3v) is 2.25. The van der Waals surface area contributed by atoms with Crippen LogP contribution >= 0.6 is 0 Å². The lowest BCUT2D eigenvalue weighted by molar-refractivity contribution is -0.683.